The minimum atomic E-state index is -0.848. The van der Waals surface area contributed by atoms with E-state index in [1.807, 2.05) is 0 Å². The van der Waals surface area contributed by atoms with Crippen LogP contribution in [0.3, 0.4) is 0 Å². The number of rotatable bonds is 6. The second-order valence-corrected chi connectivity index (χ2v) is 7.50. The molecule has 2 rings (SSSR count). The molecule has 1 aliphatic rings. The molecule has 3 unspecified atom stereocenters. The molecule has 1 aliphatic carbocycles. The Morgan fingerprint density at radius 3 is 2.85 bits per heavy atom. The summed E-state index contributed by atoms with van der Waals surface area (Å²) < 4.78 is 12.5. The first-order chi connectivity index (χ1) is 9.61. The maximum absolute atomic E-state index is 12.5. The Morgan fingerprint density at radius 2 is 2.10 bits per heavy atom. The van der Waals surface area contributed by atoms with E-state index >= 15 is 0 Å². The second-order valence-electron chi connectivity index (χ2n) is 5.96. The van der Waals surface area contributed by atoms with Crippen molar-refractivity contribution in [1.29, 1.82) is 0 Å². The molecular weight excluding hydrogens is 266 g/mol. The van der Waals surface area contributed by atoms with Crippen molar-refractivity contribution >= 4 is 10.8 Å². The molecule has 20 heavy (non-hydrogen) atoms. The van der Waals surface area contributed by atoms with Crippen LogP contribution in [0.4, 0.5) is 0 Å². The summed E-state index contributed by atoms with van der Waals surface area (Å²) in [5, 5.41) is 3.58. The fraction of sp³-hybridized carbons (Fsp3) is 0.647. The Hall–Kier alpha value is -0.670. The number of hydrogen-bond acceptors (Lipinski definition) is 2. The third kappa shape index (κ3) is 3.92. The minimum absolute atomic E-state index is 0.649. The lowest BCUT2D eigenvalue weighted by Crippen LogP contribution is -2.32. The Balaban J connectivity index is 1.93. The molecule has 0 spiro atoms. The van der Waals surface area contributed by atoms with Crippen LogP contribution in [0.1, 0.15) is 43.7 Å². The van der Waals surface area contributed by atoms with E-state index in [2.05, 4.69) is 44.3 Å². The van der Waals surface area contributed by atoms with E-state index in [1.54, 1.807) is 0 Å². The Morgan fingerprint density at radius 1 is 1.30 bits per heavy atom. The Labute approximate surface area is 125 Å². The molecule has 112 valence electrons. The first kappa shape index (κ1) is 15.7. The van der Waals surface area contributed by atoms with Gasteiger partial charge in [-0.05, 0) is 62.8 Å². The molecule has 0 aromatic heterocycles. The third-order valence-electron chi connectivity index (χ3n) is 4.39. The minimum Gasteiger partial charge on any atom is -0.314 e. The summed E-state index contributed by atoms with van der Waals surface area (Å²) in [7, 11) is -0.848. The summed E-state index contributed by atoms with van der Waals surface area (Å²) in [6.07, 6.45) is 4.98. The highest BCUT2D eigenvalue weighted by Gasteiger charge is 2.26. The third-order valence-corrected chi connectivity index (χ3v) is 5.93. The van der Waals surface area contributed by atoms with Crippen LogP contribution in [-0.2, 0) is 10.8 Å². The van der Waals surface area contributed by atoms with Crippen molar-refractivity contribution < 1.29 is 4.21 Å². The van der Waals surface area contributed by atoms with E-state index in [1.165, 1.54) is 24.8 Å². The van der Waals surface area contributed by atoms with Gasteiger partial charge in [0.25, 0.3) is 0 Å². The van der Waals surface area contributed by atoms with E-state index in [4.69, 9.17) is 0 Å². The van der Waals surface area contributed by atoms with Gasteiger partial charge < -0.3 is 5.32 Å². The van der Waals surface area contributed by atoms with Crippen molar-refractivity contribution in [2.45, 2.75) is 57.4 Å². The van der Waals surface area contributed by atoms with Gasteiger partial charge in [0.15, 0.2) is 0 Å². The highest BCUT2D eigenvalue weighted by molar-refractivity contribution is 7.85. The SMILES string of the molecule is CCNC1CCCC1CCS(=O)c1cc(C)ccc1C. The molecule has 1 aromatic carbocycles. The van der Waals surface area contributed by atoms with E-state index in [9.17, 15) is 4.21 Å². The van der Waals surface area contributed by atoms with Gasteiger partial charge in [0.1, 0.15) is 0 Å². The maximum Gasteiger partial charge on any atom is 0.0532 e. The highest BCUT2D eigenvalue weighted by Crippen LogP contribution is 2.29. The molecule has 1 saturated carbocycles. The fourth-order valence-electron chi connectivity index (χ4n) is 3.23. The van der Waals surface area contributed by atoms with Gasteiger partial charge in [-0.15, -0.1) is 0 Å². The van der Waals surface area contributed by atoms with Gasteiger partial charge in [-0.3, -0.25) is 4.21 Å². The summed E-state index contributed by atoms with van der Waals surface area (Å²) in [5.41, 5.74) is 2.36. The van der Waals surface area contributed by atoms with Crippen LogP contribution in [0.25, 0.3) is 0 Å². The molecule has 0 radical (unpaired) electrons. The van der Waals surface area contributed by atoms with Gasteiger partial charge in [-0.2, -0.15) is 0 Å². The van der Waals surface area contributed by atoms with Crippen molar-refractivity contribution in [3.8, 4) is 0 Å². The lowest BCUT2D eigenvalue weighted by molar-refractivity contribution is 0.399. The zero-order chi connectivity index (χ0) is 14.5. The molecule has 1 fully saturated rings. The van der Waals surface area contributed by atoms with Crippen molar-refractivity contribution in [3.63, 3.8) is 0 Å². The molecule has 2 nitrogen and oxygen atoms in total. The highest BCUT2D eigenvalue weighted by atomic mass is 32.2. The van der Waals surface area contributed by atoms with Gasteiger partial charge >= 0.3 is 0 Å². The lowest BCUT2D eigenvalue weighted by atomic mass is 10.0. The Bertz CT molecular complexity index is 472. The van der Waals surface area contributed by atoms with E-state index in [0.29, 0.717) is 12.0 Å². The fourth-order valence-corrected chi connectivity index (χ4v) is 4.72. The van der Waals surface area contributed by atoms with Gasteiger partial charge in [-0.1, -0.05) is 25.5 Å². The van der Waals surface area contributed by atoms with E-state index < -0.39 is 10.8 Å². The summed E-state index contributed by atoms with van der Waals surface area (Å²) in [5.74, 6) is 1.51. The summed E-state index contributed by atoms with van der Waals surface area (Å²) in [6, 6.07) is 6.91. The molecule has 0 saturated heterocycles. The average Bonchev–Trinajstić information content (AvgIpc) is 2.87. The maximum atomic E-state index is 12.5. The van der Waals surface area contributed by atoms with Crippen molar-refractivity contribution in [3.05, 3.63) is 29.3 Å². The Kier molecular flexibility index (Phi) is 5.79. The molecule has 3 heteroatoms. The first-order valence-corrected chi connectivity index (χ1v) is 9.12. The van der Waals surface area contributed by atoms with Gasteiger partial charge in [0.05, 0.1) is 10.8 Å². The normalized spacial score (nSPS) is 23.9. The molecule has 3 atom stereocenters. The second kappa shape index (κ2) is 7.37. The van der Waals surface area contributed by atoms with Crippen LogP contribution in [-0.4, -0.2) is 22.5 Å². The van der Waals surface area contributed by atoms with Gasteiger partial charge in [0.2, 0.25) is 0 Å². The molecule has 0 heterocycles. The smallest absolute Gasteiger partial charge is 0.0532 e. The topological polar surface area (TPSA) is 29.1 Å². The predicted molar refractivity (Wildman–Crippen MR) is 86.6 cm³/mol. The van der Waals surface area contributed by atoms with Crippen LogP contribution in [0, 0.1) is 19.8 Å². The standard InChI is InChI=1S/C17H27NOS/c1-4-18-16-7-5-6-15(16)10-11-20(19)17-12-13(2)8-9-14(17)3/h8-9,12,15-16,18H,4-7,10-11H2,1-3H3. The van der Waals surface area contributed by atoms with Crippen LogP contribution >= 0.6 is 0 Å². The zero-order valence-corrected chi connectivity index (χ0v) is 13.8. The van der Waals surface area contributed by atoms with Gasteiger partial charge in [-0.25, -0.2) is 0 Å². The number of nitrogens with one attached hydrogen (secondary N) is 1. The van der Waals surface area contributed by atoms with Gasteiger partial charge in [0, 0.05) is 16.7 Å². The number of hydrogen-bond donors (Lipinski definition) is 1. The van der Waals surface area contributed by atoms with Crippen LogP contribution in [0.2, 0.25) is 0 Å². The van der Waals surface area contributed by atoms with E-state index in [-0.39, 0.29) is 0 Å². The quantitative estimate of drug-likeness (QED) is 0.868. The van der Waals surface area contributed by atoms with Crippen LogP contribution in [0.15, 0.2) is 23.1 Å². The van der Waals surface area contributed by atoms with Crippen molar-refractivity contribution in [2.75, 3.05) is 12.3 Å². The zero-order valence-electron chi connectivity index (χ0n) is 12.9. The summed E-state index contributed by atoms with van der Waals surface area (Å²) >= 11 is 0. The van der Waals surface area contributed by atoms with E-state index in [0.717, 1.165) is 29.2 Å². The molecule has 0 bridgehead atoms. The summed E-state index contributed by atoms with van der Waals surface area (Å²) in [6.45, 7) is 7.34. The lowest BCUT2D eigenvalue weighted by Gasteiger charge is -2.20. The molecule has 1 aromatic rings. The molecule has 0 aliphatic heterocycles. The largest absolute Gasteiger partial charge is 0.314 e. The van der Waals surface area contributed by atoms with Crippen LogP contribution < -0.4 is 5.32 Å². The number of benzene rings is 1. The van der Waals surface area contributed by atoms with Crippen molar-refractivity contribution in [1.82, 2.24) is 5.32 Å². The monoisotopic (exact) mass is 293 g/mol. The molecule has 1 N–H and O–H groups in total. The average molecular weight is 293 g/mol. The van der Waals surface area contributed by atoms with Crippen molar-refractivity contribution in [2.24, 2.45) is 5.92 Å². The summed E-state index contributed by atoms with van der Waals surface area (Å²) in [4.78, 5) is 1.03. The molecule has 0 amide bonds. The predicted octanol–water partition coefficient (Wildman–Crippen LogP) is 3.58. The van der Waals surface area contributed by atoms with Crippen LogP contribution in [0.5, 0.6) is 0 Å². The first-order valence-electron chi connectivity index (χ1n) is 7.80. The number of aryl methyl sites for hydroxylation is 2. The molecular formula is C17H27NOS.